The van der Waals surface area contributed by atoms with Gasteiger partial charge in [0.1, 0.15) is 0 Å². The largest absolute Gasteiger partial charge is 0.389 e. The van der Waals surface area contributed by atoms with Gasteiger partial charge in [-0.25, -0.2) is 0 Å². The highest BCUT2D eigenvalue weighted by Gasteiger charge is 2.30. The molecular formula is C20H30N4O. The molecule has 0 amide bonds. The van der Waals surface area contributed by atoms with Crippen LogP contribution in [0.25, 0.3) is 0 Å². The molecule has 0 aliphatic carbocycles. The van der Waals surface area contributed by atoms with Gasteiger partial charge in [0.2, 0.25) is 0 Å². The highest BCUT2D eigenvalue weighted by Crippen LogP contribution is 2.24. The zero-order chi connectivity index (χ0) is 17.7. The van der Waals surface area contributed by atoms with E-state index < -0.39 is 5.60 Å². The molecule has 0 bridgehead atoms. The standard InChI is InChI=1S/C20H30N4O/c1-22(2)17-20(25)9-5-12-23(14-10-20)15-18-7-3-4-8-19(18)16-24-13-6-11-21-24/h3-4,6-8,11,13,25H,5,9-10,12,14-17H2,1-2H3/t20-/m0/s1. The maximum absolute atomic E-state index is 10.9. The summed E-state index contributed by atoms with van der Waals surface area (Å²) in [6.07, 6.45) is 6.60. The molecule has 25 heavy (non-hydrogen) atoms. The minimum Gasteiger partial charge on any atom is -0.389 e. The number of likely N-dealkylation sites (N-methyl/N-ethyl adjacent to an activating group) is 1. The molecule has 2 aromatic rings. The van der Waals surface area contributed by atoms with Crippen molar-refractivity contribution in [1.29, 1.82) is 0 Å². The Morgan fingerprint density at radius 3 is 2.52 bits per heavy atom. The maximum Gasteiger partial charge on any atom is 0.0786 e. The fourth-order valence-corrected chi connectivity index (χ4v) is 3.82. The second-order valence-electron chi connectivity index (χ2n) is 7.56. The third-order valence-corrected chi connectivity index (χ3v) is 5.02. The van der Waals surface area contributed by atoms with E-state index in [1.165, 1.54) is 11.1 Å². The first kappa shape index (κ1) is 18.1. The van der Waals surface area contributed by atoms with Crippen LogP contribution in [0.3, 0.4) is 0 Å². The summed E-state index contributed by atoms with van der Waals surface area (Å²) in [4.78, 5) is 4.57. The van der Waals surface area contributed by atoms with Gasteiger partial charge in [-0.15, -0.1) is 0 Å². The van der Waals surface area contributed by atoms with Crippen LogP contribution in [-0.4, -0.2) is 64.0 Å². The van der Waals surface area contributed by atoms with Crippen molar-refractivity contribution in [2.75, 3.05) is 33.7 Å². The Labute approximate surface area is 150 Å². The lowest BCUT2D eigenvalue weighted by Gasteiger charge is -2.30. The van der Waals surface area contributed by atoms with E-state index in [4.69, 9.17) is 0 Å². The zero-order valence-electron chi connectivity index (χ0n) is 15.4. The maximum atomic E-state index is 10.9. The van der Waals surface area contributed by atoms with Crippen molar-refractivity contribution in [3.63, 3.8) is 0 Å². The van der Waals surface area contributed by atoms with E-state index in [1.54, 1.807) is 0 Å². The summed E-state index contributed by atoms with van der Waals surface area (Å²) in [6, 6.07) is 10.6. The predicted molar refractivity (Wildman–Crippen MR) is 100 cm³/mol. The molecule has 136 valence electrons. The van der Waals surface area contributed by atoms with Gasteiger partial charge in [-0.1, -0.05) is 24.3 Å². The Hall–Kier alpha value is -1.69. The molecule has 3 rings (SSSR count). The Kier molecular flexibility index (Phi) is 5.89. The first-order chi connectivity index (χ1) is 12.0. The van der Waals surface area contributed by atoms with Gasteiger partial charge in [0.05, 0.1) is 12.1 Å². The molecule has 5 nitrogen and oxygen atoms in total. The number of hydrogen-bond acceptors (Lipinski definition) is 4. The number of aliphatic hydroxyl groups is 1. The minimum absolute atomic E-state index is 0.549. The molecular weight excluding hydrogens is 312 g/mol. The third-order valence-electron chi connectivity index (χ3n) is 5.02. The van der Waals surface area contributed by atoms with Gasteiger partial charge in [0.25, 0.3) is 0 Å². The van der Waals surface area contributed by atoms with E-state index in [1.807, 2.05) is 37.2 Å². The lowest BCUT2D eigenvalue weighted by atomic mass is 9.94. The van der Waals surface area contributed by atoms with Crippen LogP contribution in [0.5, 0.6) is 0 Å². The highest BCUT2D eigenvalue weighted by molar-refractivity contribution is 5.27. The summed E-state index contributed by atoms with van der Waals surface area (Å²) in [5, 5.41) is 15.2. The number of rotatable bonds is 6. The molecule has 1 aromatic carbocycles. The number of benzene rings is 1. The predicted octanol–water partition coefficient (Wildman–Crippen LogP) is 2.21. The van der Waals surface area contributed by atoms with E-state index >= 15 is 0 Å². The van der Waals surface area contributed by atoms with E-state index in [-0.39, 0.29) is 0 Å². The number of aromatic nitrogens is 2. The van der Waals surface area contributed by atoms with Gasteiger partial charge >= 0.3 is 0 Å². The number of hydrogen-bond donors (Lipinski definition) is 1. The van der Waals surface area contributed by atoms with Crippen LogP contribution in [-0.2, 0) is 13.1 Å². The summed E-state index contributed by atoms with van der Waals surface area (Å²) in [6.45, 7) is 4.49. The molecule has 1 aromatic heterocycles. The van der Waals surface area contributed by atoms with Gasteiger partial charge in [-0.3, -0.25) is 9.58 Å². The first-order valence-corrected chi connectivity index (χ1v) is 9.18. The fourth-order valence-electron chi connectivity index (χ4n) is 3.82. The van der Waals surface area contributed by atoms with Crippen molar-refractivity contribution in [3.8, 4) is 0 Å². The monoisotopic (exact) mass is 342 g/mol. The van der Waals surface area contributed by atoms with Crippen LogP contribution < -0.4 is 0 Å². The summed E-state index contributed by atoms with van der Waals surface area (Å²) in [5.74, 6) is 0. The molecule has 1 fully saturated rings. The molecule has 2 heterocycles. The second kappa shape index (κ2) is 8.13. The van der Waals surface area contributed by atoms with Crippen LogP contribution >= 0.6 is 0 Å². The van der Waals surface area contributed by atoms with Crippen molar-refractivity contribution in [2.45, 2.75) is 38.0 Å². The lowest BCUT2D eigenvalue weighted by Crippen LogP contribution is -2.40. The smallest absolute Gasteiger partial charge is 0.0786 e. The van der Waals surface area contributed by atoms with Gasteiger partial charge < -0.3 is 10.0 Å². The van der Waals surface area contributed by atoms with Crippen molar-refractivity contribution in [3.05, 3.63) is 53.9 Å². The third kappa shape index (κ3) is 5.14. The van der Waals surface area contributed by atoms with Crippen LogP contribution in [0.15, 0.2) is 42.7 Å². The molecule has 1 saturated heterocycles. The Morgan fingerprint density at radius 1 is 1.08 bits per heavy atom. The summed E-state index contributed by atoms with van der Waals surface area (Å²) >= 11 is 0. The van der Waals surface area contributed by atoms with Gasteiger partial charge in [-0.05, 0) is 57.1 Å². The molecule has 0 unspecified atom stereocenters. The first-order valence-electron chi connectivity index (χ1n) is 9.18. The van der Waals surface area contributed by atoms with Crippen molar-refractivity contribution >= 4 is 0 Å². The molecule has 1 N–H and O–H groups in total. The number of likely N-dealkylation sites (tertiary alicyclic amines) is 1. The lowest BCUT2D eigenvalue weighted by molar-refractivity contribution is 0.00257. The topological polar surface area (TPSA) is 44.5 Å². The van der Waals surface area contributed by atoms with Crippen LogP contribution in [0.4, 0.5) is 0 Å². The zero-order valence-corrected chi connectivity index (χ0v) is 15.4. The fraction of sp³-hybridized carbons (Fsp3) is 0.550. The Morgan fingerprint density at radius 2 is 1.84 bits per heavy atom. The molecule has 0 spiro atoms. The van der Waals surface area contributed by atoms with Crippen LogP contribution in [0.1, 0.15) is 30.4 Å². The molecule has 1 atom stereocenters. The quantitative estimate of drug-likeness (QED) is 0.874. The highest BCUT2D eigenvalue weighted by atomic mass is 16.3. The normalized spacial score (nSPS) is 22.2. The number of nitrogens with zero attached hydrogens (tertiary/aromatic N) is 4. The average Bonchev–Trinajstić information content (AvgIpc) is 3.00. The Bertz CT molecular complexity index is 655. The molecule has 1 aliphatic rings. The average molecular weight is 342 g/mol. The van der Waals surface area contributed by atoms with Gasteiger partial charge in [0.15, 0.2) is 0 Å². The van der Waals surface area contributed by atoms with Crippen LogP contribution in [0, 0.1) is 0 Å². The molecule has 0 radical (unpaired) electrons. The molecule has 1 aliphatic heterocycles. The summed E-state index contributed by atoms with van der Waals surface area (Å²) < 4.78 is 1.97. The minimum atomic E-state index is -0.549. The van der Waals surface area contributed by atoms with Crippen molar-refractivity contribution in [1.82, 2.24) is 19.6 Å². The van der Waals surface area contributed by atoms with E-state index in [0.29, 0.717) is 0 Å². The summed E-state index contributed by atoms with van der Waals surface area (Å²) in [5.41, 5.74) is 2.13. The second-order valence-corrected chi connectivity index (χ2v) is 7.56. The van der Waals surface area contributed by atoms with Crippen LogP contribution in [0.2, 0.25) is 0 Å². The van der Waals surface area contributed by atoms with E-state index in [2.05, 4.69) is 39.2 Å². The molecule has 5 heteroatoms. The van der Waals surface area contributed by atoms with Gasteiger partial charge in [0, 0.05) is 32.0 Å². The summed E-state index contributed by atoms with van der Waals surface area (Å²) in [7, 11) is 4.07. The van der Waals surface area contributed by atoms with E-state index in [9.17, 15) is 5.11 Å². The van der Waals surface area contributed by atoms with Crippen molar-refractivity contribution in [2.24, 2.45) is 0 Å². The van der Waals surface area contributed by atoms with Crippen molar-refractivity contribution < 1.29 is 5.11 Å². The van der Waals surface area contributed by atoms with Gasteiger partial charge in [-0.2, -0.15) is 5.10 Å². The Balaban J connectivity index is 1.65. The van der Waals surface area contributed by atoms with E-state index in [0.717, 1.165) is 52.0 Å². The molecule has 0 saturated carbocycles. The SMILES string of the molecule is CN(C)C[C@]1(O)CCCN(Cc2ccccc2Cn2cccn2)CC1.